The molecule has 3 aromatic carbocycles. The number of halogens is 2. The lowest BCUT2D eigenvalue weighted by Gasteiger charge is -2.24. The van der Waals surface area contributed by atoms with Crippen LogP contribution < -0.4 is 5.32 Å². The Bertz CT molecular complexity index is 1340. The molecule has 0 heterocycles. The molecule has 1 atom stereocenters. The van der Waals surface area contributed by atoms with Crippen molar-refractivity contribution in [3.8, 4) is 0 Å². The van der Waals surface area contributed by atoms with Crippen LogP contribution in [-0.2, 0) is 21.4 Å². The van der Waals surface area contributed by atoms with Gasteiger partial charge in [0.05, 0.1) is 17.5 Å². The molecule has 1 amide bonds. The highest BCUT2D eigenvalue weighted by molar-refractivity contribution is 7.89. The number of aryl methyl sites for hydroxylation is 4. The molecule has 35 heavy (non-hydrogen) atoms. The Morgan fingerprint density at radius 1 is 0.914 bits per heavy atom. The third kappa shape index (κ3) is 6.64. The Morgan fingerprint density at radius 3 is 2.17 bits per heavy atom. The minimum Gasteiger partial charge on any atom is -0.348 e. The first-order chi connectivity index (χ1) is 16.4. The summed E-state index contributed by atoms with van der Waals surface area (Å²) >= 11 is 12.3. The van der Waals surface area contributed by atoms with Gasteiger partial charge in [-0.3, -0.25) is 4.79 Å². The summed E-state index contributed by atoms with van der Waals surface area (Å²) in [6.45, 7) is 9.42. The average molecular weight is 534 g/mol. The Labute approximate surface area is 218 Å². The predicted octanol–water partition coefficient (Wildman–Crippen LogP) is 6.30. The van der Waals surface area contributed by atoms with Crippen molar-refractivity contribution in [2.75, 3.05) is 6.54 Å². The molecule has 3 rings (SSSR count). The lowest BCUT2D eigenvalue weighted by molar-refractivity contribution is -0.122. The van der Waals surface area contributed by atoms with Crippen LogP contribution in [0.3, 0.4) is 0 Å². The number of hydrogen-bond donors (Lipinski definition) is 1. The summed E-state index contributed by atoms with van der Waals surface area (Å²) in [5, 5.41) is 3.74. The van der Waals surface area contributed by atoms with Crippen LogP contribution >= 0.6 is 23.2 Å². The first-order valence-electron chi connectivity index (χ1n) is 11.3. The van der Waals surface area contributed by atoms with E-state index < -0.39 is 15.9 Å². The van der Waals surface area contributed by atoms with Crippen LogP contribution in [0.15, 0.2) is 59.5 Å². The highest BCUT2D eigenvalue weighted by atomic mass is 35.5. The molecule has 0 radical (unpaired) electrons. The zero-order valence-electron chi connectivity index (χ0n) is 20.5. The molecule has 0 aliphatic heterocycles. The van der Waals surface area contributed by atoms with E-state index >= 15 is 0 Å². The second-order valence-electron chi connectivity index (χ2n) is 8.90. The van der Waals surface area contributed by atoms with E-state index in [4.69, 9.17) is 23.2 Å². The van der Waals surface area contributed by atoms with Crippen molar-refractivity contribution < 1.29 is 13.2 Å². The lowest BCUT2D eigenvalue weighted by Crippen LogP contribution is -2.41. The number of nitrogens with one attached hydrogen (secondary N) is 1. The molecule has 1 N–H and O–H groups in total. The smallest absolute Gasteiger partial charge is 0.243 e. The molecule has 0 fully saturated rings. The number of carbonyl (C=O) groups is 1. The lowest BCUT2D eigenvalue weighted by atomic mass is 9.96. The fourth-order valence-corrected chi connectivity index (χ4v) is 5.74. The van der Waals surface area contributed by atoms with Gasteiger partial charge in [0.1, 0.15) is 0 Å². The number of benzene rings is 3. The summed E-state index contributed by atoms with van der Waals surface area (Å²) < 4.78 is 28.2. The number of nitrogens with zero attached hydrogens (tertiary/aromatic N) is 1. The Morgan fingerprint density at radius 2 is 1.54 bits per heavy atom. The van der Waals surface area contributed by atoms with Gasteiger partial charge >= 0.3 is 0 Å². The summed E-state index contributed by atoms with van der Waals surface area (Å²) in [4.78, 5) is 13.2. The van der Waals surface area contributed by atoms with E-state index in [0.717, 1.165) is 26.6 Å². The third-order valence-electron chi connectivity index (χ3n) is 6.07. The maximum atomic E-state index is 13.5. The van der Waals surface area contributed by atoms with Gasteiger partial charge in [-0.05, 0) is 86.7 Å². The summed E-state index contributed by atoms with van der Waals surface area (Å²) in [7, 11) is -3.98. The minimum atomic E-state index is -3.98. The molecule has 0 saturated carbocycles. The van der Waals surface area contributed by atoms with Crippen molar-refractivity contribution in [1.82, 2.24) is 9.62 Å². The molecule has 0 spiro atoms. The van der Waals surface area contributed by atoms with Crippen LogP contribution in [0.1, 0.15) is 46.3 Å². The zero-order valence-corrected chi connectivity index (χ0v) is 22.9. The van der Waals surface area contributed by atoms with Crippen molar-refractivity contribution in [3.63, 3.8) is 0 Å². The Balaban J connectivity index is 1.89. The van der Waals surface area contributed by atoms with E-state index in [9.17, 15) is 13.2 Å². The van der Waals surface area contributed by atoms with Crippen LogP contribution in [-0.4, -0.2) is 25.2 Å². The van der Waals surface area contributed by atoms with Crippen molar-refractivity contribution in [2.45, 2.75) is 52.1 Å². The molecular formula is C27H30Cl2N2O3S. The molecule has 5 nitrogen and oxygen atoms in total. The van der Waals surface area contributed by atoms with Gasteiger partial charge in [0.15, 0.2) is 0 Å². The van der Waals surface area contributed by atoms with Gasteiger partial charge in [-0.25, -0.2) is 8.42 Å². The SMILES string of the molecule is Cc1ccc(S(=O)(=O)N(CC(=O)N[C@H](C)c2cc(C)c(C)cc2C)Cc2ccc(Cl)cc2Cl)cc1. The Hall–Kier alpha value is -2.38. The molecule has 186 valence electrons. The van der Waals surface area contributed by atoms with E-state index in [1.54, 1.807) is 42.5 Å². The average Bonchev–Trinajstić information content (AvgIpc) is 2.77. The third-order valence-corrected chi connectivity index (χ3v) is 8.46. The molecule has 0 aliphatic rings. The number of rotatable bonds is 8. The first-order valence-corrected chi connectivity index (χ1v) is 13.5. The van der Waals surface area contributed by atoms with Crippen LogP contribution in [0.25, 0.3) is 0 Å². The van der Waals surface area contributed by atoms with Crippen LogP contribution in [0, 0.1) is 27.7 Å². The highest BCUT2D eigenvalue weighted by Crippen LogP contribution is 2.26. The van der Waals surface area contributed by atoms with Gasteiger partial charge in [0.2, 0.25) is 15.9 Å². The number of hydrogen-bond acceptors (Lipinski definition) is 3. The van der Waals surface area contributed by atoms with Gasteiger partial charge in [-0.1, -0.05) is 59.1 Å². The summed E-state index contributed by atoms with van der Waals surface area (Å²) in [5.74, 6) is -0.407. The second kappa shape index (κ2) is 11.1. The highest BCUT2D eigenvalue weighted by Gasteiger charge is 2.28. The van der Waals surface area contributed by atoms with E-state index in [1.807, 2.05) is 34.6 Å². The molecule has 8 heteroatoms. The molecule has 0 unspecified atom stereocenters. The van der Waals surface area contributed by atoms with E-state index in [-0.39, 0.29) is 24.0 Å². The summed E-state index contributed by atoms with van der Waals surface area (Å²) in [6.07, 6.45) is 0. The van der Waals surface area contributed by atoms with E-state index in [1.165, 1.54) is 5.56 Å². The number of amides is 1. The van der Waals surface area contributed by atoms with Crippen molar-refractivity contribution in [2.24, 2.45) is 0 Å². The van der Waals surface area contributed by atoms with Gasteiger partial charge < -0.3 is 5.32 Å². The maximum Gasteiger partial charge on any atom is 0.243 e. The maximum absolute atomic E-state index is 13.5. The van der Waals surface area contributed by atoms with Gasteiger partial charge in [0, 0.05) is 16.6 Å². The Kier molecular flexibility index (Phi) is 8.65. The molecule has 0 aromatic heterocycles. The topological polar surface area (TPSA) is 66.5 Å². The quantitative estimate of drug-likeness (QED) is 0.370. The van der Waals surface area contributed by atoms with Crippen molar-refractivity contribution in [1.29, 1.82) is 0 Å². The number of carbonyl (C=O) groups excluding carboxylic acids is 1. The standard InChI is InChI=1S/C27H30Cl2N2O3S/c1-17-6-10-24(11-7-17)35(33,34)31(15-22-8-9-23(28)14-26(22)29)16-27(32)30-21(5)25-13-19(3)18(2)12-20(25)4/h6-14,21H,15-16H2,1-5H3,(H,30,32)/t21-/m1/s1. The van der Waals surface area contributed by atoms with Crippen molar-refractivity contribution >= 4 is 39.1 Å². The summed E-state index contributed by atoms with van der Waals surface area (Å²) in [6, 6.07) is 15.3. The molecule has 0 bridgehead atoms. The van der Waals surface area contributed by atoms with Gasteiger partial charge in [-0.15, -0.1) is 0 Å². The van der Waals surface area contributed by atoms with E-state index in [2.05, 4.69) is 17.4 Å². The fourth-order valence-electron chi connectivity index (χ4n) is 3.90. The van der Waals surface area contributed by atoms with Crippen LogP contribution in [0.4, 0.5) is 0 Å². The normalized spacial score (nSPS) is 12.6. The van der Waals surface area contributed by atoms with Crippen molar-refractivity contribution in [3.05, 3.63) is 98.0 Å². The molecule has 3 aromatic rings. The first kappa shape index (κ1) is 27.2. The largest absolute Gasteiger partial charge is 0.348 e. The minimum absolute atomic E-state index is 0.0727. The second-order valence-corrected chi connectivity index (χ2v) is 11.7. The van der Waals surface area contributed by atoms with Gasteiger partial charge in [-0.2, -0.15) is 4.31 Å². The number of sulfonamides is 1. The fraction of sp³-hybridized carbons (Fsp3) is 0.296. The molecule has 0 saturated heterocycles. The van der Waals surface area contributed by atoms with Gasteiger partial charge in [0.25, 0.3) is 0 Å². The molecular weight excluding hydrogens is 503 g/mol. The zero-order chi connectivity index (χ0) is 25.9. The van der Waals surface area contributed by atoms with Crippen LogP contribution in [0.2, 0.25) is 10.0 Å². The van der Waals surface area contributed by atoms with Crippen LogP contribution in [0.5, 0.6) is 0 Å². The summed E-state index contributed by atoms with van der Waals surface area (Å²) in [5.41, 5.74) is 5.87. The predicted molar refractivity (Wildman–Crippen MR) is 142 cm³/mol. The van der Waals surface area contributed by atoms with E-state index in [0.29, 0.717) is 15.6 Å². The monoisotopic (exact) mass is 532 g/mol. The molecule has 0 aliphatic carbocycles.